The second kappa shape index (κ2) is 5.12. The van der Waals surface area contributed by atoms with Crippen molar-refractivity contribution in [2.75, 3.05) is 12.9 Å². The lowest BCUT2D eigenvalue weighted by atomic mass is 10.0. The monoisotopic (exact) mass is 257 g/mol. The van der Waals surface area contributed by atoms with Crippen LogP contribution in [0.2, 0.25) is 0 Å². The molecule has 17 heavy (non-hydrogen) atoms. The Morgan fingerprint density at radius 3 is 3.00 bits per heavy atom. The summed E-state index contributed by atoms with van der Waals surface area (Å²) in [6.07, 6.45) is 5.20. The molecule has 0 radical (unpaired) electrons. The van der Waals surface area contributed by atoms with E-state index in [1.165, 1.54) is 0 Å². The maximum atomic E-state index is 11.1. The lowest BCUT2D eigenvalue weighted by molar-refractivity contribution is -0.0343. The van der Waals surface area contributed by atoms with E-state index in [-0.39, 0.29) is 12.2 Å². The summed E-state index contributed by atoms with van der Waals surface area (Å²) in [6, 6.07) is 3.75. The van der Waals surface area contributed by atoms with Crippen LogP contribution < -0.4 is 0 Å². The van der Waals surface area contributed by atoms with E-state index in [1.54, 1.807) is 12.4 Å². The fourth-order valence-corrected chi connectivity index (χ4v) is 2.57. The highest BCUT2D eigenvalue weighted by Crippen LogP contribution is 2.29. The lowest BCUT2D eigenvalue weighted by Gasteiger charge is -2.28. The molecule has 0 aliphatic carbocycles. The fraction of sp³-hybridized carbons (Fsp3) is 0.545. The summed E-state index contributed by atoms with van der Waals surface area (Å²) in [5.74, 6) is 0. The molecular weight excluding hydrogens is 242 g/mol. The molecule has 5 nitrogen and oxygen atoms in total. The fourth-order valence-electron chi connectivity index (χ4n) is 1.90. The quantitative estimate of drug-likeness (QED) is 0.763. The number of nitrogens with zero attached hydrogens (tertiary/aromatic N) is 1. The van der Waals surface area contributed by atoms with Crippen molar-refractivity contribution in [3.8, 4) is 0 Å². The van der Waals surface area contributed by atoms with Gasteiger partial charge in [-0.05, 0) is 18.1 Å². The predicted molar refractivity (Wildman–Crippen MR) is 61.9 cm³/mol. The Kier molecular flexibility index (Phi) is 3.76. The van der Waals surface area contributed by atoms with E-state index in [0.717, 1.165) is 11.8 Å². The summed E-state index contributed by atoms with van der Waals surface area (Å²) in [7, 11) is -3.40. The maximum Gasteiger partial charge on any atom is 0.264 e. The van der Waals surface area contributed by atoms with Gasteiger partial charge < -0.3 is 4.74 Å². The molecule has 0 bridgehead atoms. The van der Waals surface area contributed by atoms with E-state index in [2.05, 4.69) is 4.98 Å². The van der Waals surface area contributed by atoms with Crippen LogP contribution in [0.5, 0.6) is 0 Å². The van der Waals surface area contributed by atoms with Crippen LogP contribution in [0.4, 0.5) is 0 Å². The Morgan fingerprint density at radius 1 is 1.53 bits per heavy atom. The minimum Gasteiger partial charge on any atom is -0.373 e. The van der Waals surface area contributed by atoms with Crippen LogP contribution in [0.1, 0.15) is 24.5 Å². The average molecular weight is 257 g/mol. The number of rotatable bonds is 3. The van der Waals surface area contributed by atoms with Crippen molar-refractivity contribution < 1.29 is 17.3 Å². The number of ether oxygens (including phenoxy) is 1. The molecule has 1 aromatic rings. The highest BCUT2D eigenvalue weighted by Gasteiger charge is 2.27. The van der Waals surface area contributed by atoms with Crippen molar-refractivity contribution in [3.63, 3.8) is 0 Å². The van der Waals surface area contributed by atoms with E-state index in [4.69, 9.17) is 8.92 Å². The van der Waals surface area contributed by atoms with Crippen LogP contribution in [-0.2, 0) is 19.0 Å². The summed E-state index contributed by atoms with van der Waals surface area (Å²) in [5.41, 5.74) is 0.953. The second-order valence-corrected chi connectivity index (χ2v) is 5.69. The van der Waals surface area contributed by atoms with Gasteiger partial charge in [-0.2, -0.15) is 8.42 Å². The average Bonchev–Trinajstić information content (AvgIpc) is 2.28. The zero-order valence-corrected chi connectivity index (χ0v) is 10.4. The SMILES string of the molecule is CS(=O)(=O)O[C@@H]1CCO[C@@H](c2cccnc2)C1. The Bertz CT molecular complexity index is 460. The van der Waals surface area contributed by atoms with Crippen LogP contribution >= 0.6 is 0 Å². The smallest absolute Gasteiger partial charge is 0.264 e. The molecule has 0 aromatic carbocycles. The van der Waals surface area contributed by atoms with Crippen LogP contribution in [0.15, 0.2) is 24.5 Å². The first-order chi connectivity index (χ1) is 8.04. The zero-order valence-electron chi connectivity index (χ0n) is 9.57. The molecule has 1 fully saturated rings. The first-order valence-corrected chi connectivity index (χ1v) is 7.26. The van der Waals surface area contributed by atoms with Gasteiger partial charge in [0, 0.05) is 25.4 Å². The van der Waals surface area contributed by atoms with Crippen molar-refractivity contribution in [2.45, 2.75) is 25.0 Å². The Labute approximate surface area is 101 Å². The van der Waals surface area contributed by atoms with Gasteiger partial charge in [0.25, 0.3) is 10.1 Å². The Morgan fingerprint density at radius 2 is 2.35 bits per heavy atom. The summed E-state index contributed by atoms with van der Waals surface area (Å²) in [4.78, 5) is 4.02. The number of hydrogen-bond donors (Lipinski definition) is 0. The van der Waals surface area contributed by atoms with Crippen LogP contribution in [0.25, 0.3) is 0 Å². The molecule has 2 heterocycles. The van der Waals surface area contributed by atoms with Crippen molar-refractivity contribution in [2.24, 2.45) is 0 Å². The minimum atomic E-state index is -3.40. The lowest BCUT2D eigenvalue weighted by Crippen LogP contribution is -2.28. The molecule has 2 atom stereocenters. The second-order valence-electron chi connectivity index (χ2n) is 4.09. The molecule has 94 valence electrons. The molecule has 1 aromatic heterocycles. The zero-order chi connectivity index (χ0) is 12.3. The van der Waals surface area contributed by atoms with E-state index >= 15 is 0 Å². The van der Waals surface area contributed by atoms with Crippen molar-refractivity contribution in [3.05, 3.63) is 30.1 Å². The minimum absolute atomic E-state index is 0.135. The van der Waals surface area contributed by atoms with Gasteiger partial charge >= 0.3 is 0 Å². The van der Waals surface area contributed by atoms with Gasteiger partial charge in [0.2, 0.25) is 0 Å². The highest BCUT2D eigenvalue weighted by molar-refractivity contribution is 7.86. The molecule has 0 saturated carbocycles. The maximum absolute atomic E-state index is 11.1. The molecule has 0 spiro atoms. The largest absolute Gasteiger partial charge is 0.373 e. The molecule has 0 N–H and O–H groups in total. The van der Waals surface area contributed by atoms with Gasteiger partial charge in [-0.25, -0.2) is 0 Å². The summed E-state index contributed by atoms with van der Waals surface area (Å²) >= 11 is 0. The summed E-state index contributed by atoms with van der Waals surface area (Å²) in [6.45, 7) is 0.500. The van der Waals surface area contributed by atoms with Crippen LogP contribution in [0.3, 0.4) is 0 Å². The molecule has 1 aliphatic rings. The number of hydrogen-bond acceptors (Lipinski definition) is 5. The molecule has 1 saturated heterocycles. The van der Waals surface area contributed by atoms with Crippen molar-refractivity contribution in [1.82, 2.24) is 4.98 Å². The van der Waals surface area contributed by atoms with Gasteiger partial charge in [-0.1, -0.05) is 6.07 Å². The van der Waals surface area contributed by atoms with Crippen molar-refractivity contribution in [1.29, 1.82) is 0 Å². The third kappa shape index (κ3) is 3.76. The van der Waals surface area contributed by atoms with Gasteiger partial charge in [0.15, 0.2) is 0 Å². The van der Waals surface area contributed by atoms with Gasteiger partial charge in [0.1, 0.15) is 0 Å². The number of aromatic nitrogens is 1. The summed E-state index contributed by atoms with van der Waals surface area (Å²) < 4.78 is 32.7. The first kappa shape index (κ1) is 12.5. The van der Waals surface area contributed by atoms with E-state index in [0.29, 0.717) is 19.4 Å². The molecule has 0 amide bonds. The molecule has 2 rings (SSSR count). The molecule has 0 unspecified atom stereocenters. The van der Waals surface area contributed by atoms with Crippen LogP contribution in [-0.4, -0.2) is 32.4 Å². The van der Waals surface area contributed by atoms with E-state index in [9.17, 15) is 8.42 Å². The van der Waals surface area contributed by atoms with Gasteiger partial charge in [-0.15, -0.1) is 0 Å². The third-order valence-corrected chi connectivity index (χ3v) is 3.22. The standard InChI is InChI=1S/C11H15NO4S/c1-17(13,14)16-10-4-6-15-11(7-10)9-3-2-5-12-8-9/h2-3,5,8,10-11H,4,6-7H2,1H3/t10-,11-/m1/s1. The van der Waals surface area contributed by atoms with Gasteiger partial charge in [-0.3, -0.25) is 9.17 Å². The predicted octanol–water partition coefficient (Wildman–Crippen LogP) is 1.28. The molecule has 1 aliphatic heterocycles. The summed E-state index contributed by atoms with van der Waals surface area (Å²) in [5, 5.41) is 0. The van der Waals surface area contributed by atoms with E-state index in [1.807, 2.05) is 12.1 Å². The first-order valence-electron chi connectivity index (χ1n) is 5.44. The van der Waals surface area contributed by atoms with Crippen molar-refractivity contribution >= 4 is 10.1 Å². The van der Waals surface area contributed by atoms with E-state index < -0.39 is 10.1 Å². The Hall–Kier alpha value is -0.980. The van der Waals surface area contributed by atoms with Crippen LogP contribution in [0, 0.1) is 0 Å². The molecular formula is C11H15NO4S. The number of pyridine rings is 1. The van der Waals surface area contributed by atoms with Gasteiger partial charge in [0.05, 0.1) is 18.5 Å². The third-order valence-electron chi connectivity index (χ3n) is 2.60. The normalized spacial score (nSPS) is 25.7. The Balaban J connectivity index is 2.03. The molecule has 6 heteroatoms. The highest BCUT2D eigenvalue weighted by atomic mass is 32.2. The topological polar surface area (TPSA) is 65.5 Å².